The molecule has 1 aliphatic rings. The van der Waals surface area contributed by atoms with Crippen molar-refractivity contribution in [3.8, 4) is 5.75 Å². The van der Waals surface area contributed by atoms with E-state index >= 15 is 0 Å². The highest BCUT2D eigenvalue weighted by Crippen LogP contribution is 2.41. The average molecular weight is 455 g/mol. The van der Waals surface area contributed by atoms with Crippen molar-refractivity contribution in [2.45, 2.75) is 19.1 Å². The molecule has 1 amide bonds. The zero-order valence-electron chi connectivity index (χ0n) is 17.8. The highest BCUT2D eigenvalue weighted by Gasteiger charge is 2.36. The smallest absolute Gasteiger partial charge is 0.416 e. The monoisotopic (exact) mass is 455 g/mol. The number of fused-ring (bicyclic) bond motifs is 4. The fourth-order valence-corrected chi connectivity index (χ4v) is 4.39. The molecule has 4 aromatic rings. The molecule has 0 saturated heterocycles. The van der Waals surface area contributed by atoms with Gasteiger partial charge < -0.3 is 15.4 Å². The number of ether oxygens (including phenoxy) is 1. The van der Waals surface area contributed by atoms with Gasteiger partial charge in [0.2, 0.25) is 0 Å². The number of nitrogen functional groups attached to an aromatic ring is 1. The highest BCUT2D eigenvalue weighted by atomic mass is 19.4. The number of aromatic nitrogens is 3. The van der Waals surface area contributed by atoms with Gasteiger partial charge in [0, 0.05) is 30.1 Å². The Morgan fingerprint density at radius 1 is 1.24 bits per heavy atom. The number of alkyl halides is 3. The van der Waals surface area contributed by atoms with Gasteiger partial charge in [0.1, 0.15) is 18.2 Å². The molecule has 2 N–H and O–H groups in total. The molecular formula is C23H20F3N5O2. The Kier molecular flexibility index (Phi) is 4.70. The first-order chi connectivity index (χ1) is 15.7. The second kappa shape index (κ2) is 7.36. The van der Waals surface area contributed by atoms with Gasteiger partial charge in [-0.1, -0.05) is 6.07 Å². The minimum Gasteiger partial charge on any atom is -0.491 e. The van der Waals surface area contributed by atoms with E-state index in [1.807, 2.05) is 6.92 Å². The van der Waals surface area contributed by atoms with Gasteiger partial charge in [-0.25, -0.2) is 4.98 Å². The molecule has 0 bridgehead atoms. The number of hydrogen-bond donors (Lipinski definition) is 1. The lowest BCUT2D eigenvalue weighted by Crippen LogP contribution is -2.35. The molecule has 3 heterocycles. The number of likely N-dealkylation sites (N-methyl/N-ethyl adjacent to an activating group) is 1. The Hall–Kier alpha value is -3.82. The summed E-state index contributed by atoms with van der Waals surface area (Å²) < 4.78 is 46.4. The summed E-state index contributed by atoms with van der Waals surface area (Å²) in [5.74, 6) is 0.251. The lowest BCUT2D eigenvalue weighted by molar-refractivity contribution is -0.137. The lowest BCUT2D eigenvalue weighted by Gasteiger charge is -2.27. The fourth-order valence-electron chi connectivity index (χ4n) is 4.39. The van der Waals surface area contributed by atoms with Gasteiger partial charge in [0.15, 0.2) is 0 Å². The van der Waals surface area contributed by atoms with Crippen molar-refractivity contribution >= 4 is 33.5 Å². The van der Waals surface area contributed by atoms with Crippen LogP contribution in [-0.4, -0.2) is 38.7 Å². The maximum Gasteiger partial charge on any atom is 0.416 e. The number of benzene rings is 2. The Morgan fingerprint density at radius 2 is 2.03 bits per heavy atom. The molecule has 2 aromatic carbocycles. The first-order valence-corrected chi connectivity index (χ1v) is 10.3. The molecule has 0 spiro atoms. The number of carbonyl (C=O) groups excluding carboxylic acids is 1. The number of nitrogens with two attached hydrogens (primary N) is 1. The van der Waals surface area contributed by atoms with Gasteiger partial charge in [-0.3, -0.25) is 9.48 Å². The molecule has 170 valence electrons. The summed E-state index contributed by atoms with van der Waals surface area (Å²) in [5.41, 5.74) is 7.66. The largest absolute Gasteiger partial charge is 0.491 e. The number of halogens is 3. The fraction of sp³-hybridized carbons (Fsp3) is 0.261. The first kappa shape index (κ1) is 21.0. The Morgan fingerprint density at radius 3 is 2.76 bits per heavy atom. The van der Waals surface area contributed by atoms with E-state index in [1.165, 1.54) is 6.07 Å². The van der Waals surface area contributed by atoms with Crippen LogP contribution in [-0.2, 0) is 13.2 Å². The second-order valence-corrected chi connectivity index (χ2v) is 7.93. The summed E-state index contributed by atoms with van der Waals surface area (Å²) in [6, 6.07) is 8.05. The molecule has 0 fully saturated rings. The van der Waals surface area contributed by atoms with E-state index < -0.39 is 17.8 Å². The van der Waals surface area contributed by atoms with E-state index in [0.29, 0.717) is 34.4 Å². The standard InChI is InChI=1S/C23H20F3N5O2/c1-3-31(18-11-33-19-9-13(23(24,25)26)5-6-14(18)19)22(32)12-4-7-17-15(8-12)20-16(21(27)29-17)10-28-30(20)2/h4-10,18H,3,11H2,1-2H3,(H2,27,29)/t18-/m1/s1. The third-order valence-corrected chi connectivity index (χ3v) is 6.03. The number of rotatable bonds is 3. The molecular weight excluding hydrogens is 435 g/mol. The zero-order valence-corrected chi connectivity index (χ0v) is 17.8. The molecule has 10 heteroatoms. The molecule has 0 aliphatic carbocycles. The number of amides is 1. The maximum absolute atomic E-state index is 13.5. The van der Waals surface area contributed by atoms with Crippen molar-refractivity contribution in [1.82, 2.24) is 19.7 Å². The average Bonchev–Trinajstić information content (AvgIpc) is 3.38. The maximum atomic E-state index is 13.5. The third kappa shape index (κ3) is 3.33. The van der Waals surface area contributed by atoms with Crippen molar-refractivity contribution in [3.05, 3.63) is 59.3 Å². The first-order valence-electron chi connectivity index (χ1n) is 10.3. The van der Waals surface area contributed by atoms with Crippen molar-refractivity contribution < 1.29 is 22.7 Å². The van der Waals surface area contributed by atoms with E-state index in [4.69, 9.17) is 10.5 Å². The number of aryl methyl sites for hydroxylation is 1. The van der Waals surface area contributed by atoms with Gasteiger partial charge in [0.25, 0.3) is 5.91 Å². The molecule has 0 radical (unpaired) electrons. The van der Waals surface area contributed by atoms with Crippen LogP contribution in [0.3, 0.4) is 0 Å². The summed E-state index contributed by atoms with van der Waals surface area (Å²) in [5, 5.41) is 5.68. The van der Waals surface area contributed by atoms with E-state index in [9.17, 15) is 18.0 Å². The molecule has 1 aliphatic heterocycles. The van der Waals surface area contributed by atoms with Crippen LogP contribution < -0.4 is 10.5 Å². The van der Waals surface area contributed by atoms with Crippen molar-refractivity contribution in [3.63, 3.8) is 0 Å². The molecule has 5 rings (SSSR count). The minimum absolute atomic E-state index is 0.0911. The molecule has 2 aromatic heterocycles. The van der Waals surface area contributed by atoms with Crippen LogP contribution >= 0.6 is 0 Å². The molecule has 33 heavy (non-hydrogen) atoms. The summed E-state index contributed by atoms with van der Waals surface area (Å²) in [4.78, 5) is 19.5. The molecule has 0 saturated carbocycles. The molecule has 1 atom stereocenters. The Balaban J connectivity index is 1.54. The summed E-state index contributed by atoms with van der Waals surface area (Å²) in [6.45, 7) is 2.27. The van der Waals surface area contributed by atoms with Crippen molar-refractivity contribution in [2.75, 3.05) is 18.9 Å². The van der Waals surface area contributed by atoms with Crippen LogP contribution in [0.15, 0.2) is 42.6 Å². The SMILES string of the molecule is CCN(C(=O)c1ccc2nc(N)c3cnn(C)c3c2c1)[C@@H]1COc2cc(C(F)(F)F)ccc21. The number of pyridine rings is 1. The lowest BCUT2D eigenvalue weighted by atomic mass is 10.0. The number of hydrogen-bond acceptors (Lipinski definition) is 5. The predicted molar refractivity (Wildman–Crippen MR) is 117 cm³/mol. The third-order valence-electron chi connectivity index (χ3n) is 6.03. The van der Waals surface area contributed by atoms with Crippen LogP contribution in [0.1, 0.15) is 34.5 Å². The van der Waals surface area contributed by atoms with Crippen molar-refractivity contribution in [1.29, 1.82) is 0 Å². The van der Waals surface area contributed by atoms with Gasteiger partial charge in [-0.05, 0) is 37.3 Å². The second-order valence-electron chi connectivity index (χ2n) is 7.93. The topological polar surface area (TPSA) is 86.3 Å². The predicted octanol–water partition coefficient (Wildman–Crippen LogP) is 4.32. The summed E-state index contributed by atoms with van der Waals surface area (Å²) in [7, 11) is 1.79. The normalized spacial score (nSPS) is 15.6. The van der Waals surface area contributed by atoms with Crippen LogP contribution in [0.25, 0.3) is 21.8 Å². The number of anilines is 1. The molecule has 7 nitrogen and oxygen atoms in total. The van der Waals surface area contributed by atoms with Crippen LogP contribution in [0.5, 0.6) is 5.75 Å². The number of carbonyl (C=O) groups is 1. The van der Waals surface area contributed by atoms with Crippen LogP contribution in [0, 0.1) is 0 Å². The van der Waals surface area contributed by atoms with Crippen LogP contribution in [0.2, 0.25) is 0 Å². The van der Waals surface area contributed by atoms with E-state index in [0.717, 1.165) is 23.0 Å². The number of nitrogens with zero attached hydrogens (tertiary/aromatic N) is 4. The zero-order chi connectivity index (χ0) is 23.5. The summed E-state index contributed by atoms with van der Waals surface area (Å²) >= 11 is 0. The van der Waals surface area contributed by atoms with E-state index in [2.05, 4.69) is 10.1 Å². The van der Waals surface area contributed by atoms with Crippen LogP contribution in [0.4, 0.5) is 19.0 Å². The quantitative estimate of drug-likeness (QED) is 0.497. The van der Waals surface area contributed by atoms with Crippen molar-refractivity contribution in [2.24, 2.45) is 7.05 Å². The van der Waals surface area contributed by atoms with Gasteiger partial charge in [0.05, 0.1) is 34.2 Å². The summed E-state index contributed by atoms with van der Waals surface area (Å²) in [6.07, 6.45) is -2.83. The Bertz CT molecular complexity index is 1410. The van der Waals surface area contributed by atoms with E-state index in [-0.39, 0.29) is 18.3 Å². The Labute approximate surface area is 186 Å². The van der Waals surface area contributed by atoms with E-state index in [1.54, 1.807) is 41.0 Å². The molecule has 0 unspecified atom stereocenters. The van der Waals surface area contributed by atoms with Gasteiger partial charge >= 0.3 is 6.18 Å². The van der Waals surface area contributed by atoms with Gasteiger partial charge in [-0.2, -0.15) is 18.3 Å². The highest BCUT2D eigenvalue weighted by molar-refractivity contribution is 6.10. The minimum atomic E-state index is -4.46. The van der Waals surface area contributed by atoms with Gasteiger partial charge in [-0.15, -0.1) is 0 Å².